The van der Waals surface area contributed by atoms with Crippen molar-refractivity contribution in [3.8, 4) is 5.75 Å². The highest BCUT2D eigenvalue weighted by atomic mass is 19.4. The van der Waals surface area contributed by atoms with Gasteiger partial charge in [-0.3, -0.25) is 19.3 Å². The Balaban J connectivity index is 1.85. The summed E-state index contributed by atoms with van der Waals surface area (Å²) in [5, 5.41) is 58.9. The quantitative estimate of drug-likeness (QED) is 0.189. The number of phenols is 1. The molecule has 1 aromatic rings. The monoisotopic (exact) mass is 569 g/mol. The summed E-state index contributed by atoms with van der Waals surface area (Å²) in [7, 11) is 2.87. The Bertz CT molecular complexity index is 1360. The van der Waals surface area contributed by atoms with Crippen molar-refractivity contribution >= 4 is 17.5 Å². The van der Waals surface area contributed by atoms with E-state index < -0.39 is 101 Å². The van der Waals surface area contributed by atoms with E-state index in [4.69, 9.17) is 5.73 Å². The molecule has 218 valence electrons. The van der Waals surface area contributed by atoms with Gasteiger partial charge in [-0.05, 0) is 25.6 Å². The summed E-state index contributed by atoms with van der Waals surface area (Å²) >= 11 is 0. The second kappa shape index (κ2) is 9.87. The topological polar surface area (TPSA) is 194 Å². The average molecular weight is 570 g/mol. The van der Waals surface area contributed by atoms with E-state index in [1.54, 1.807) is 6.92 Å². The number of Topliss-reactive ketones (excluding diaryl/α,β-unsaturated/α-hetero) is 2. The number of halogens is 3. The number of alkyl halides is 3. The first-order chi connectivity index (χ1) is 18.5. The van der Waals surface area contributed by atoms with E-state index >= 15 is 0 Å². The van der Waals surface area contributed by atoms with Gasteiger partial charge in [0.2, 0.25) is 5.78 Å². The number of amides is 1. The first-order valence-electron chi connectivity index (χ1n) is 12.4. The zero-order valence-corrected chi connectivity index (χ0v) is 21.8. The Labute approximate surface area is 226 Å². The predicted octanol–water partition coefficient (Wildman–Crippen LogP) is 0.694. The van der Waals surface area contributed by atoms with Crippen LogP contribution in [0.5, 0.6) is 5.75 Å². The van der Waals surface area contributed by atoms with Gasteiger partial charge >= 0.3 is 6.18 Å². The number of benzene rings is 1. The van der Waals surface area contributed by atoms with Gasteiger partial charge in [0.1, 0.15) is 22.8 Å². The lowest BCUT2D eigenvalue weighted by atomic mass is 9.55. The van der Waals surface area contributed by atoms with Gasteiger partial charge in [-0.15, -0.1) is 0 Å². The summed E-state index contributed by atoms with van der Waals surface area (Å²) < 4.78 is 37.4. The van der Waals surface area contributed by atoms with E-state index in [0.29, 0.717) is 0 Å². The summed E-state index contributed by atoms with van der Waals surface area (Å²) in [5.41, 5.74) is 0.721. The molecule has 4 rings (SSSR count). The number of phenolic OH excluding ortho intramolecular Hbond substituents is 1. The predicted molar refractivity (Wildman–Crippen MR) is 132 cm³/mol. The fourth-order valence-corrected chi connectivity index (χ4v) is 6.26. The molecule has 0 fully saturated rings. The number of aliphatic hydroxyl groups excluding tert-OH is 3. The second-order valence-corrected chi connectivity index (χ2v) is 10.6. The molecule has 3 aliphatic carbocycles. The van der Waals surface area contributed by atoms with Crippen molar-refractivity contribution in [2.45, 2.75) is 49.7 Å². The maximum atomic E-state index is 13.8. The largest absolute Gasteiger partial charge is 0.510 e. The highest BCUT2D eigenvalue weighted by Gasteiger charge is 2.67. The first-order valence-corrected chi connectivity index (χ1v) is 12.4. The molecule has 0 radical (unpaired) electrons. The summed E-state index contributed by atoms with van der Waals surface area (Å²) in [6.07, 6.45) is -7.23. The number of carbonyl (C=O) groups excluding carboxylic acids is 3. The van der Waals surface area contributed by atoms with Crippen LogP contribution in [0.4, 0.5) is 13.2 Å². The number of aliphatic hydroxyl groups is 4. The number of likely N-dealkylation sites (N-methyl/N-ethyl adjacent to an activating group) is 1. The van der Waals surface area contributed by atoms with E-state index in [9.17, 15) is 53.1 Å². The molecule has 8 N–H and O–H groups in total. The van der Waals surface area contributed by atoms with Crippen LogP contribution in [0.3, 0.4) is 0 Å². The van der Waals surface area contributed by atoms with Crippen LogP contribution in [0.1, 0.15) is 40.7 Å². The van der Waals surface area contributed by atoms with Gasteiger partial charge in [0.05, 0.1) is 30.0 Å². The molecule has 0 aromatic heterocycles. The number of aromatic hydroxyl groups is 1. The average Bonchev–Trinajstić information content (AvgIpc) is 2.84. The number of nitrogens with one attached hydrogen (secondary N) is 1. The lowest BCUT2D eigenvalue weighted by molar-refractivity contribution is -0.162. The first kappa shape index (κ1) is 29.5. The van der Waals surface area contributed by atoms with Gasteiger partial charge in [-0.25, -0.2) is 0 Å². The maximum absolute atomic E-state index is 13.8. The number of nitrogens with zero attached hydrogens (tertiary/aromatic N) is 1. The molecule has 1 amide bonds. The Kier molecular flexibility index (Phi) is 7.28. The van der Waals surface area contributed by atoms with E-state index in [-0.39, 0.29) is 23.2 Å². The van der Waals surface area contributed by atoms with Crippen molar-refractivity contribution in [3.63, 3.8) is 0 Å². The smallest absolute Gasteiger partial charge is 0.390 e. The van der Waals surface area contributed by atoms with Crippen molar-refractivity contribution in [2.75, 3.05) is 20.6 Å². The number of fused-ring (bicyclic) bond motifs is 3. The molecular weight excluding hydrogens is 539 g/mol. The van der Waals surface area contributed by atoms with E-state index in [0.717, 1.165) is 0 Å². The molecule has 0 aliphatic heterocycles. The van der Waals surface area contributed by atoms with Crippen LogP contribution in [0, 0.1) is 11.8 Å². The molecular formula is C26H30F3N3O8. The van der Waals surface area contributed by atoms with Gasteiger partial charge in [-0.1, -0.05) is 19.1 Å². The molecule has 1 aromatic carbocycles. The van der Waals surface area contributed by atoms with Crippen LogP contribution in [0.25, 0.3) is 0 Å². The standard InChI is InChI=1S/C26H30F3N3O8/c1-9-11-5-4-10(8-31-7-6-25(27,28)29)18(33)13(11)19(34)14-12(9)20(35)16-17(32(2)3)21(36)15(24(30)39)23(38)26(16,40)22(14)37/h4-5,9,12,16-17,20,31,33,35-37,40H,6-8H2,1-3H3,(H2,30,39)/t9-,12+,16+,17-,20-,26-/m0/s1. The number of ketones is 2. The molecule has 14 heteroatoms. The number of hydrogen-bond acceptors (Lipinski definition) is 10. The number of carbonyl (C=O) groups is 3. The Morgan fingerprint density at radius 1 is 1.18 bits per heavy atom. The SMILES string of the molecule is C[C@H]1c2ccc(CNCCC(F)(F)F)c(O)c2C(=O)C2=C(O)[C@]3(O)C(=O)C(C(N)=O)=C(O)[C@@H](N(C)C)[C@@H]3[C@@H](O)[C@@H]21. The lowest BCUT2D eigenvalue weighted by Crippen LogP contribution is -2.68. The second-order valence-electron chi connectivity index (χ2n) is 10.6. The van der Waals surface area contributed by atoms with Gasteiger partial charge < -0.3 is 36.6 Å². The Hall–Kier alpha value is -3.46. The summed E-state index contributed by atoms with van der Waals surface area (Å²) in [6, 6.07) is 1.52. The number of rotatable bonds is 6. The third kappa shape index (κ3) is 4.26. The van der Waals surface area contributed by atoms with Crippen LogP contribution in [0.2, 0.25) is 0 Å². The minimum Gasteiger partial charge on any atom is -0.510 e. The van der Waals surface area contributed by atoms with Crippen molar-refractivity contribution in [2.24, 2.45) is 17.6 Å². The molecule has 11 nitrogen and oxygen atoms in total. The zero-order chi connectivity index (χ0) is 30.1. The van der Waals surface area contributed by atoms with Crippen molar-refractivity contribution in [1.29, 1.82) is 0 Å². The number of hydrogen-bond donors (Lipinski definition) is 7. The molecule has 0 unspecified atom stereocenters. The Morgan fingerprint density at radius 2 is 1.80 bits per heavy atom. The van der Waals surface area contributed by atoms with Gasteiger partial charge in [-0.2, -0.15) is 13.2 Å². The van der Waals surface area contributed by atoms with Gasteiger partial charge in [0.15, 0.2) is 11.4 Å². The molecule has 0 spiro atoms. The normalized spacial score (nSPS) is 30.4. The van der Waals surface area contributed by atoms with E-state index in [1.165, 1.54) is 31.1 Å². The highest BCUT2D eigenvalue weighted by Crippen LogP contribution is 2.55. The number of primary amides is 1. The molecule has 0 saturated carbocycles. The zero-order valence-electron chi connectivity index (χ0n) is 21.8. The summed E-state index contributed by atoms with van der Waals surface area (Å²) in [5.74, 6) is -10.1. The van der Waals surface area contributed by atoms with Crippen LogP contribution in [0.15, 0.2) is 34.8 Å². The minimum absolute atomic E-state index is 0.0817. The molecule has 0 heterocycles. The van der Waals surface area contributed by atoms with Crippen molar-refractivity contribution in [1.82, 2.24) is 10.2 Å². The molecule has 0 saturated heterocycles. The van der Waals surface area contributed by atoms with Crippen LogP contribution in [-0.2, 0) is 16.1 Å². The van der Waals surface area contributed by atoms with Gasteiger partial charge in [0.25, 0.3) is 5.91 Å². The molecule has 6 atom stereocenters. The maximum Gasteiger partial charge on any atom is 0.390 e. The van der Waals surface area contributed by atoms with Crippen molar-refractivity contribution < 1.29 is 53.1 Å². The molecule has 0 bridgehead atoms. The van der Waals surface area contributed by atoms with E-state index in [2.05, 4.69) is 5.32 Å². The molecule has 3 aliphatic rings. The minimum atomic E-state index is -4.39. The lowest BCUT2D eigenvalue weighted by Gasteiger charge is -2.53. The fourth-order valence-electron chi connectivity index (χ4n) is 6.26. The molecule has 40 heavy (non-hydrogen) atoms. The Morgan fingerprint density at radius 3 is 2.35 bits per heavy atom. The third-order valence-electron chi connectivity index (χ3n) is 8.12. The number of nitrogens with two attached hydrogens (primary N) is 1. The summed E-state index contributed by atoms with van der Waals surface area (Å²) in [6.45, 7) is 0.906. The fraction of sp³-hybridized carbons (Fsp3) is 0.500. The van der Waals surface area contributed by atoms with Crippen LogP contribution >= 0.6 is 0 Å². The van der Waals surface area contributed by atoms with Gasteiger partial charge in [0, 0.05) is 30.1 Å². The highest BCUT2D eigenvalue weighted by molar-refractivity contribution is 6.25. The third-order valence-corrected chi connectivity index (χ3v) is 8.12. The summed E-state index contributed by atoms with van der Waals surface area (Å²) in [4.78, 5) is 40.5. The van der Waals surface area contributed by atoms with E-state index in [1.807, 2.05) is 0 Å². The van der Waals surface area contributed by atoms with Crippen LogP contribution in [-0.4, -0.2) is 92.5 Å². The van der Waals surface area contributed by atoms with Crippen molar-refractivity contribution in [3.05, 3.63) is 51.5 Å². The van der Waals surface area contributed by atoms with Crippen LogP contribution < -0.4 is 11.1 Å².